The van der Waals surface area contributed by atoms with Gasteiger partial charge in [-0.15, -0.1) is 0 Å². The van der Waals surface area contributed by atoms with E-state index in [2.05, 4.69) is 20.9 Å². The van der Waals surface area contributed by atoms with Crippen LogP contribution in [-0.2, 0) is 15.4 Å². The van der Waals surface area contributed by atoms with Crippen LogP contribution in [-0.4, -0.2) is 24.8 Å². The molecule has 1 aliphatic carbocycles. The van der Waals surface area contributed by atoms with E-state index < -0.39 is 20.1 Å². The number of nitrogens with two attached hydrogens (primary N) is 1. The second-order valence-corrected chi connectivity index (χ2v) is 9.10. The molecule has 2 aliphatic rings. The molecule has 108 valence electrons. The Morgan fingerprint density at radius 2 is 2.05 bits per heavy atom. The van der Waals surface area contributed by atoms with E-state index in [4.69, 9.17) is 5.73 Å². The zero-order valence-electron chi connectivity index (χ0n) is 11.3. The molecule has 0 saturated heterocycles. The Morgan fingerprint density at radius 1 is 1.35 bits per heavy atom. The SMILES string of the molecule is CC1(c2cccc(Br)c2)CS(=O)(=O)C2(CCC2)C(N)=N1. The fraction of sp³-hybridized carbons (Fsp3) is 0.500. The van der Waals surface area contributed by atoms with Gasteiger partial charge >= 0.3 is 0 Å². The van der Waals surface area contributed by atoms with Crippen LogP contribution in [0.15, 0.2) is 33.7 Å². The Kier molecular flexibility index (Phi) is 3.03. The van der Waals surface area contributed by atoms with E-state index in [0.29, 0.717) is 12.8 Å². The number of sulfone groups is 1. The number of halogens is 1. The third kappa shape index (κ3) is 1.84. The van der Waals surface area contributed by atoms with Crippen LogP contribution < -0.4 is 5.73 Å². The normalized spacial score (nSPS) is 30.6. The second-order valence-electron chi connectivity index (χ2n) is 5.89. The summed E-state index contributed by atoms with van der Waals surface area (Å²) in [5, 5.41) is 0. The monoisotopic (exact) mass is 356 g/mol. The van der Waals surface area contributed by atoms with Gasteiger partial charge in [0.05, 0.1) is 11.3 Å². The van der Waals surface area contributed by atoms with Crippen LogP contribution in [0.4, 0.5) is 0 Å². The van der Waals surface area contributed by atoms with Crippen LogP contribution in [0, 0.1) is 0 Å². The second kappa shape index (κ2) is 4.31. The van der Waals surface area contributed by atoms with Crippen molar-refractivity contribution in [3.05, 3.63) is 34.3 Å². The molecule has 4 nitrogen and oxygen atoms in total. The highest BCUT2D eigenvalue weighted by molar-refractivity contribution is 9.10. The summed E-state index contributed by atoms with van der Waals surface area (Å²) in [5.41, 5.74) is 6.13. The summed E-state index contributed by atoms with van der Waals surface area (Å²) >= 11 is 3.41. The molecular formula is C14H17BrN2O2S. The maximum Gasteiger partial charge on any atom is 0.165 e. The van der Waals surface area contributed by atoms with Crippen LogP contribution in [0.25, 0.3) is 0 Å². The third-order valence-corrected chi connectivity index (χ3v) is 7.75. The highest BCUT2D eigenvalue weighted by atomic mass is 79.9. The zero-order chi connectivity index (χ0) is 14.6. The maximum atomic E-state index is 12.7. The lowest BCUT2D eigenvalue weighted by Crippen LogP contribution is -2.61. The summed E-state index contributed by atoms with van der Waals surface area (Å²) in [6.45, 7) is 1.84. The van der Waals surface area contributed by atoms with E-state index >= 15 is 0 Å². The van der Waals surface area contributed by atoms with Crippen LogP contribution in [0.2, 0.25) is 0 Å². The molecule has 6 heteroatoms. The summed E-state index contributed by atoms with van der Waals surface area (Å²) in [5.74, 6) is 0.314. The molecule has 0 aromatic heterocycles. The van der Waals surface area contributed by atoms with Gasteiger partial charge in [-0.25, -0.2) is 8.42 Å². The average molecular weight is 357 g/mol. The fourth-order valence-corrected chi connectivity index (χ4v) is 6.03. The minimum absolute atomic E-state index is 0.0250. The molecule has 1 atom stereocenters. The number of hydrogen-bond donors (Lipinski definition) is 1. The number of aliphatic imine (C=N–C) groups is 1. The molecule has 1 aliphatic heterocycles. The van der Waals surface area contributed by atoms with E-state index in [1.807, 2.05) is 31.2 Å². The Labute approximate surface area is 127 Å². The van der Waals surface area contributed by atoms with Gasteiger partial charge in [-0.1, -0.05) is 28.1 Å². The molecule has 1 heterocycles. The summed E-state index contributed by atoms with van der Waals surface area (Å²) in [4.78, 5) is 4.59. The smallest absolute Gasteiger partial charge is 0.165 e. The van der Waals surface area contributed by atoms with Crippen LogP contribution in [0.3, 0.4) is 0 Å². The number of amidine groups is 1. The van der Waals surface area contributed by atoms with Gasteiger partial charge in [0.2, 0.25) is 0 Å². The van der Waals surface area contributed by atoms with Crippen molar-refractivity contribution in [2.75, 3.05) is 5.75 Å². The first-order chi connectivity index (χ1) is 9.29. The lowest BCUT2D eigenvalue weighted by atomic mass is 9.82. The summed E-state index contributed by atoms with van der Waals surface area (Å²) in [6, 6.07) is 7.60. The topological polar surface area (TPSA) is 72.5 Å². The van der Waals surface area contributed by atoms with E-state index in [-0.39, 0.29) is 11.6 Å². The summed E-state index contributed by atoms with van der Waals surface area (Å²) in [6.07, 6.45) is 2.13. The van der Waals surface area contributed by atoms with Crippen molar-refractivity contribution in [3.63, 3.8) is 0 Å². The molecule has 1 unspecified atom stereocenters. The van der Waals surface area contributed by atoms with Crippen molar-refractivity contribution < 1.29 is 8.42 Å². The molecule has 1 fully saturated rings. The molecule has 20 heavy (non-hydrogen) atoms. The lowest BCUT2D eigenvalue weighted by molar-refractivity contribution is 0.392. The quantitative estimate of drug-likeness (QED) is 0.839. The van der Waals surface area contributed by atoms with E-state index in [9.17, 15) is 8.42 Å². The molecule has 1 aromatic rings. The lowest BCUT2D eigenvalue weighted by Gasteiger charge is -2.46. The number of hydrogen-bond acceptors (Lipinski definition) is 4. The van der Waals surface area contributed by atoms with Crippen molar-refractivity contribution in [3.8, 4) is 0 Å². The summed E-state index contributed by atoms with van der Waals surface area (Å²) in [7, 11) is -3.28. The molecule has 1 aromatic carbocycles. The standard InChI is InChI=1S/C14H17BrN2O2S/c1-13(10-4-2-5-11(15)8-10)9-20(18,19)14(6-3-7-14)12(16)17-13/h2,4-5,8H,3,6-7,9H2,1H3,(H2,16,17). The molecule has 2 N–H and O–H groups in total. The average Bonchev–Trinajstić information content (AvgIpc) is 2.24. The molecule has 0 bridgehead atoms. The van der Waals surface area contributed by atoms with Gasteiger partial charge in [0.1, 0.15) is 10.6 Å². The summed E-state index contributed by atoms with van der Waals surface area (Å²) < 4.78 is 25.4. The number of benzene rings is 1. The van der Waals surface area contributed by atoms with Crippen molar-refractivity contribution >= 4 is 31.6 Å². The van der Waals surface area contributed by atoms with E-state index in [0.717, 1.165) is 16.5 Å². The number of rotatable bonds is 1. The van der Waals surface area contributed by atoms with Gasteiger partial charge in [-0.3, -0.25) is 4.99 Å². The van der Waals surface area contributed by atoms with Crippen molar-refractivity contribution in [2.24, 2.45) is 10.7 Å². The molecule has 1 saturated carbocycles. The fourth-order valence-electron chi connectivity index (χ4n) is 3.10. The minimum Gasteiger partial charge on any atom is -0.386 e. The van der Waals surface area contributed by atoms with Gasteiger partial charge in [0, 0.05) is 4.47 Å². The van der Waals surface area contributed by atoms with Crippen molar-refractivity contribution in [1.29, 1.82) is 0 Å². The van der Waals surface area contributed by atoms with Crippen molar-refractivity contribution in [2.45, 2.75) is 36.5 Å². The largest absolute Gasteiger partial charge is 0.386 e. The van der Waals surface area contributed by atoms with Gasteiger partial charge < -0.3 is 5.73 Å². The highest BCUT2D eigenvalue weighted by Crippen LogP contribution is 2.46. The van der Waals surface area contributed by atoms with Gasteiger partial charge in [0.15, 0.2) is 9.84 Å². The van der Waals surface area contributed by atoms with Crippen molar-refractivity contribution in [1.82, 2.24) is 0 Å². The van der Waals surface area contributed by atoms with Crippen LogP contribution in [0.1, 0.15) is 31.7 Å². The van der Waals surface area contributed by atoms with Gasteiger partial charge in [0.25, 0.3) is 0 Å². The Morgan fingerprint density at radius 3 is 2.55 bits per heavy atom. The Balaban J connectivity index is 2.13. The zero-order valence-corrected chi connectivity index (χ0v) is 13.7. The molecule has 3 rings (SSSR count). The van der Waals surface area contributed by atoms with Crippen LogP contribution in [0.5, 0.6) is 0 Å². The Bertz CT molecular complexity index is 695. The first kappa shape index (κ1) is 14.1. The van der Waals surface area contributed by atoms with Crippen LogP contribution >= 0.6 is 15.9 Å². The first-order valence-electron chi connectivity index (χ1n) is 6.63. The number of nitrogens with zero attached hydrogens (tertiary/aromatic N) is 1. The van der Waals surface area contributed by atoms with Gasteiger partial charge in [-0.05, 0) is 43.9 Å². The third-order valence-electron chi connectivity index (χ3n) is 4.51. The van der Waals surface area contributed by atoms with E-state index in [1.54, 1.807) is 0 Å². The highest BCUT2D eigenvalue weighted by Gasteiger charge is 2.57. The molecular weight excluding hydrogens is 340 g/mol. The van der Waals surface area contributed by atoms with E-state index in [1.165, 1.54) is 0 Å². The predicted octanol–water partition coefficient (Wildman–Crippen LogP) is 2.37. The predicted molar refractivity (Wildman–Crippen MR) is 83.5 cm³/mol. The minimum atomic E-state index is -3.28. The van der Waals surface area contributed by atoms with Gasteiger partial charge in [-0.2, -0.15) is 0 Å². The Hall–Kier alpha value is -0.880. The molecule has 0 amide bonds. The first-order valence-corrected chi connectivity index (χ1v) is 9.08. The molecule has 1 spiro atoms. The maximum absolute atomic E-state index is 12.7. The molecule has 0 radical (unpaired) electrons.